The van der Waals surface area contributed by atoms with Crippen molar-refractivity contribution in [3.05, 3.63) is 47.8 Å². The number of methoxy groups -OCH3 is 1. The molecule has 6 heteroatoms. The van der Waals surface area contributed by atoms with Crippen molar-refractivity contribution in [1.29, 1.82) is 0 Å². The van der Waals surface area contributed by atoms with Gasteiger partial charge in [0.1, 0.15) is 5.75 Å². The van der Waals surface area contributed by atoms with E-state index in [2.05, 4.69) is 9.97 Å². The molecule has 0 fully saturated rings. The number of rotatable bonds is 3. The van der Waals surface area contributed by atoms with Gasteiger partial charge in [-0.2, -0.15) is 0 Å². The predicted molar refractivity (Wildman–Crippen MR) is 98.2 cm³/mol. The molecule has 0 bridgehead atoms. The summed E-state index contributed by atoms with van der Waals surface area (Å²) in [4.78, 5) is 9.23. The number of benzene rings is 1. The van der Waals surface area contributed by atoms with E-state index in [0.29, 0.717) is 5.16 Å². The highest BCUT2D eigenvalue weighted by atomic mass is 32.2. The highest BCUT2D eigenvalue weighted by Gasteiger charge is 2.30. The average molecular weight is 355 g/mol. The number of ether oxygens (including phenoxy) is 1. The van der Waals surface area contributed by atoms with Crippen LogP contribution in [0.3, 0.4) is 0 Å². The molecule has 25 heavy (non-hydrogen) atoms. The highest BCUT2D eigenvalue weighted by molar-refractivity contribution is 7.85. The Morgan fingerprint density at radius 2 is 2.08 bits per heavy atom. The third-order valence-electron chi connectivity index (χ3n) is 4.90. The lowest BCUT2D eigenvalue weighted by Crippen LogP contribution is -2.13. The lowest BCUT2D eigenvalue weighted by molar-refractivity contribution is 0.408. The zero-order valence-electron chi connectivity index (χ0n) is 14.4. The van der Waals surface area contributed by atoms with E-state index >= 15 is 0 Å². The molecule has 0 N–H and O–H groups in total. The Morgan fingerprint density at radius 1 is 1.24 bits per heavy atom. The minimum Gasteiger partial charge on any atom is -0.496 e. The van der Waals surface area contributed by atoms with Gasteiger partial charge in [0, 0.05) is 18.8 Å². The fourth-order valence-corrected chi connectivity index (χ4v) is 5.21. The molecular formula is C19H21N3O2S. The van der Waals surface area contributed by atoms with Gasteiger partial charge in [0.15, 0.2) is 0 Å². The van der Waals surface area contributed by atoms with E-state index < -0.39 is 10.8 Å². The van der Waals surface area contributed by atoms with Crippen molar-refractivity contribution >= 4 is 21.8 Å². The van der Waals surface area contributed by atoms with Crippen LogP contribution in [0.5, 0.6) is 5.75 Å². The summed E-state index contributed by atoms with van der Waals surface area (Å²) >= 11 is 0. The molecule has 0 unspecified atom stereocenters. The Labute approximate surface area is 149 Å². The highest BCUT2D eigenvalue weighted by Crippen LogP contribution is 2.37. The van der Waals surface area contributed by atoms with E-state index in [1.807, 2.05) is 41.9 Å². The van der Waals surface area contributed by atoms with Crippen LogP contribution in [-0.2, 0) is 24.3 Å². The molecule has 1 aliphatic carbocycles. The summed E-state index contributed by atoms with van der Waals surface area (Å²) in [5.74, 6) is 0.846. The van der Waals surface area contributed by atoms with Crippen LogP contribution in [0.25, 0.3) is 11.0 Å². The topological polar surface area (TPSA) is 57.0 Å². The molecule has 5 nitrogen and oxygen atoms in total. The monoisotopic (exact) mass is 355 g/mol. The van der Waals surface area contributed by atoms with Crippen molar-refractivity contribution < 1.29 is 8.95 Å². The van der Waals surface area contributed by atoms with Crippen LogP contribution in [0.15, 0.2) is 41.7 Å². The van der Waals surface area contributed by atoms with E-state index in [-0.39, 0.29) is 5.25 Å². The van der Waals surface area contributed by atoms with E-state index in [9.17, 15) is 4.21 Å². The molecule has 4 rings (SSSR count). The van der Waals surface area contributed by atoms with E-state index in [4.69, 9.17) is 4.74 Å². The Hall–Kier alpha value is -2.21. The minimum atomic E-state index is -1.26. The van der Waals surface area contributed by atoms with Crippen molar-refractivity contribution in [2.45, 2.75) is 36.1 Å². The molecule has 1 aromatic carbocycles. The summed E-state index contributed by atoms with van der Waals surface area (Å²) < 4.78 is 20.9. The van der Waals surface area contributed by atoms with Crippen molar-refractivity contribution in [1.82, 2.24) is 14.5 Å². The molecule has 0 aliphatic heterocycles. The van der Waals surface area contributed by atoms with E-state index in [0.717, 1.165) is 53.7 Å². The molecule has 0 spiro atoms. The molecule has 0 saturated carbocycles. The minimum absolute atomic E-state index is 0.150. The van der Waals surface area contributed by atoms with Crippen LogP contribution in [0.1, 0.15) is 35.8 Å². The molecule has 130 valence electrons. The first kappa shape index (κ1) is 16.3. The van der Waals surface area contributed by atoms with E-state index in [1.165, 1.54) is 0 Å². The summed E-state index contributed by atoms with van der Waals surface area (Å²) in [7, 11) is 2.35. The standard InChI is InChI=1S/C19H21N3O2S/c1-22-15-9-5-4-8-14(15)21-19(22)25(23)17-10-6-3-7-13-16(24-2)11-12-20-18(13)17/h4-5,8-9,11-12,17H,3,6-7,10H2,1-2H3/t17-,25+/m1/s1. The predicted octanol–water partition coefficient (Wildman–Crippen LogP) is 3.55. The van der Waals surface area contributed by atoms with Crippen LogP contribution in [0.4, 0.5) is 0 Å². The summed E-state index contributed by atoms with van der Waals surface area (Å²) in [5, 5.41) is 0.465. The van der Waals surface area contributed by atoms with Gasteiger partial charge in [-0.15, -0.1) is 0 Å². The number of imidazole rings is 1. The number of nitrogens with zero attached hydrogens (tertiary/aromatic N) is 3. The van der Waals surface area contributed by atoms with Gasteiger partial charge in [0.2, 0.25) is 5.16 Å². The Morgan fingerprint density at radius 3 is 2.88 bits per heavy atom. The average Bonchev–Trinajstić information content (AvgIpc) is 2.84. The van der Waals surface area contributed by atoms with E-state index in [1.54, 1.807) is 13.3 Å². The first-order valence-corrected chi connectivity index (χ1v) is 9.76. The molecule has 2 aromatic heterocycles. The van der Waals surface area contributed by atoms with Crippen LogP contribution in [0.2, 0.25) is 0 Å². The number of para-hydroxylation sites is 2. The Balaban J connectivity index is 1.81. The third-order valence-corrected chi connectivity index (χ3v) is 6.60. The fourth-order valence-electron chi connectivity index (χ4n) is 3.62. The number of aromatic nitrogens is 3. The Kier molecular flexibility index (Phi) is 4.29. The smallest absolute Gasteiger partial charge is 0.200 e. The SMILES string of the molecule is COc1ccnc2c1CCCC[C@H]2[S@](=O)c1nc2ccccc2n1C. The van der Waals surface area contributed by atoms with Crippen LogP contribution in [0, 0.1) is 0 Å². The summed E-state index contributed by atoms with van der Waals surface area (Å²) in [6, 6.07) is 9.78. The maximum Gasteiger partial charge on any atom is 0.200 e. The molecule has 0 saturated heterocycles. The second-order valence-electron chi connectivity index (χ2n) is 6.35. The van der Waals surface area contributed by atoms with Crippen molar-refractivity contribution in [3.63, 3.8) is 0 Å². The second-order valence-corrected chi connectivity index (χ2v) is 7.88. The summed E-state index contributed by atoms with van der Waals surface area (Å²) in [5.41, 5.74) is 3.88. The fraction of sp³-hybridized carbons (Fsp3) is 0.368. The van der Waals surface area contributed by atoms with Gasteiger partial charge in [-0.1, -0.05) is 18.6 Å². The number of hydrogen-bond donors (Lipinski definition) is 0. The second kappa shape index (κ2) is 6.59. The normalized spacial score (nSPS) is 18.6. The maximum absolute atomic E-state index is 13.5. The van der Waals surface area contributed by atoms with Gasteiger partial charge >= 0.3 is 0 Å². The molecular weight excluding hydrogens is 334 g/mol. The number of aryl methyl sites for hydroxylation is 1. The van der Waals surface area contributed by atoms with Crippen LogP contribution < -0.4 is 4.74 Å². The molecule has 0 amide bonds. The van der Waals surface area contributed by atoms with Gasteiger partial charge < -0.3 is 9.30 Å². The van der Waals surface area contributed by atoms with Crippen LogP contribution >= 0.6 is 0 Å². The summed E-state index contributed by atoms with van der Waals surface area (Å²) in [6.07, 6.45) is 5.61. The molecule has 2 atom stereocenters. The number of pyridine rings is 1. The lowest BCUT2D eigenvalue weighted by Gasteiger charge is -2.17. The van der Waals surface area contributed by atoms with Gasteiger partial charge in [0.05, 0.1) is 39.9 Å². The quantitative estimate of drug-likeness (QED) is 0.674. The summed E-state index contributed by atoms with van der Waals surface area (Å²) in [6.45, 7) is 0. The number of fused-ring (bicyclic) bond motifs is 2. The van der Waals surface area contributed by atoms with Gasteiger partial charge in [-0.3, -0.25) is 9.19 Å². The third kappa shape index (κ3) is 2.74. The van der Waals surface area contributed by atoms with Gasteiger partial charge in [-0.25, -0.2) is 4.98 Å². The van der Waals surface area contributed by atoms with Crippen molar-refractivity contribution in [2.75, 3.05) is 7.11 Å². The first-order chi connectivity index (χ1) is 12.2. The van der Waals surface area contributed by atoms with Crippen molar-refractivity contribution in [3.8, 4) is 5.75 Å². The number of hydrogen-bond acceptors (Lipinski definition) is 4. The molecule has 0 radical (unpaired) electrons. The largest absolute Gasteiger partial charge is 0.496 e. The lowest BCUT2D eigenvalue weighted by atomic mass is 10.1. The molecule has 3 aromatic rings. The van der Waals surface area contributed by atoms with Gasteiger partial charge in [0.25, 0.3) is 0 Å². The zero-order chi connectivity index (χ0) is 17.4. The molecule has 2 heterocycles. The van der Waals surface area contributed by atoms with Gasteiger partial charge in [-0.05, 0) is 37.5 Å². The molecule has 1 aliphatic rings. The first-order valence-electron chi connectivity index (χ1n) is 8.54. The van der Waals surface area contributed by atoms with Crippen LogP contribution in [-0.4, -0.2) is 25.9 Å². The zero-order valence-corrected chi connectivity index (χ0v) is 15.3. The van der Waals surface area contributed by atoms with Crippen molar-refractivity contribution in [2.24, 2.45) is 7.05 Å². The Bertz CT molecular complexity index is 951. The maximum atomic E-state index is 13.5.